The van der Waals surface area contributed by atoms with Crippen molar-refractivity contribution in [3.63, 3.8) is 0 Å². The molecule has 150 valence electrons. The first-order valence-electron chi connectivity index (χ1n) is 9.81. The maximum Gasteiger partial charge on any atom is 0.421 e. The van der Waals surface area contributed by atoms with Crippen molar-refractivity contribution in [3.05, 3.63) is 66.2 Å². The summed E-state index contributed by atoms with van der Waals surface area (Å²) in [6.45, 7) is 8.52. The number of ether oxygens (including phenoxy) is 1. The van der Waals surface area contributed by atoms with E-state index >= 15 is 0 Å². The van der Waals surface area contributed by atoms with Gasteiger partial charge in [-0.2, -0.15) is 0 Å². The van der Waals surface area contributed by atoms with E-state index in [4.69, 9.17) is 4.74 Å². The maximum absolute atomic E-state index is 13.2. The van der Waals surface area contributed by atoms with Gasteiger partial charge >= 0.3 is 6.09 Å². The van der Waals surface area contributed by atoms with Gasteiger partial charge in [0.05, 0.1) is 5.69 Å². The third-order valence-electron chi connectivity index (χ3n) is 4.64. The summed E-state index contributed by atoms with van der Waals surface area (Å²) in [6, 6.07) is 16.3. The minimum absolute atomic E-state index is 0.0306. The quantitative estimate of drug-likeness (QED) is 0.580. The van der Waals surface area contributed by atoms with Gasteiger partial charge in [-0.25, -0.2) is 4.79 Å². The average molecular weight is 406 g/mol. The van der Waals surface area contributed by atoms with Gasteiger partial charge in [0.15, 0.2) is 0 Å². The Morgan fingerprint density at radius 1 is 1.14 bits per heavy atom. The zero-order chi connectivity index (χ0) is 21.0. The van der Waals surface area contributed by atoms with E-state index in [1.807, 2.05) is 55.5 Å². The number of anilines is 1. The van der Waals surface area contributed by atoms with Crippen LogP contribution in [-0.2, 0) is 0 Å². The molecule has 29 heavy (non-hydrogen) atoms. The van der Waals surface area contributed by atoms with Crippen LogP contribution >= 0.6 is 0 Å². The Morgan fingerprint density at radius 2 is 1.79 bits per heavy atom. The zero-order valence-corrected chi connectivity index (χ0v) is 18.3. The molecule has 5 heteroatoms. The van der Waals surface area contributed by atoms with E-state index in [0.29, 0.717) is 5.75 Å². The largest absolute Gasteiger partial charge is 0.421 e. The van der Waals surface area contributed by atoms with E-state index in [1.165, 1.54) is 0 Å². The molecule has 1 unspecified atom stereocenters. The summed E-state index contributed by atoms with van der Waals surface area (Å²) >= 11 is 0. The monoisotopic (exact) mass is 405 g/mol. The minimum Gasteiger partial charge on any atom is -0.410 e. The number of hydrogen-bond donors (Lipinski definition) is 1. The highest BCUT2D eigenvalue weighted by molar-refractivity contribution is 6.83. The van der Waals surface area contributed by atoms with Crippen LogP contribution in [0.2, 0.25) is 19.6 Å². The molecular weight excluding hydrogens is 378 g/mol. The first-order chi connectivity index (χ1) is 13.8. The maximum atomic E-state index is 13.2. The fraction of sp³-hybridized carbons (Fsp3) is 0.292. The highest BCUT2D eigenvalue weighted by atomic mass is 28.3. The smallest absolute Gasteiger partial charge is 0.410 e. The lowest BCUT2D eigenvalue weighted by atomic mass is 9.88. The Labute approximate surface area is 173 Å². The molecule has 0 saturated heterocycles. The van der Waals surface area contributed by atoms with Crippen molar-refractivity contribution in [2.75, 3.05) is 11.5 Å². The number of aliphatic hydroxyl groups excluding tert-OH is 1. The predicted molar refractivity (Wildman–Crippen MR) is 121 cm³/mol. The second kappa shape index (κ2) is 8.69. The van der Waals surface area contributed by atoms with Crippen molar-refractivity contribution in [2.45, 2.75) is 32.6 Å². The van der Waals surface area contributed by atoms with Gasteiger partial charge in [0, 0.05) is 18.1 Å². The van der Waals surface area contributed by atoms with Gasteiger partial charge in [0.1, 0.15) is 19.9 Å². The number of hydrogen-bond acceptors (Lipinski definition) is 3. The molecule has 0 bridgehead atoms. The van der Waals surface area contributed by atoms with Crippen molar-refractivity contribution in [2.24, 2.45) is 5.92 Å². The SMILES string of the molecule is C[C@H](CO)C1=CC(C#C[Si](C)(C)C)N(C(=O)Oc2ccccc2)c2ccccc21. The van der Waals surface area contributed by atoms with Gasteiger partial charge in [-0.05, 0) is 29.8 Å². The number of carbonyl (C=O) groups excluding carboxylic acids is 1. The number of carbonyl (C=O) groups is 1. The van der Waals surface area contributed by atoms with Crippen molar-refractivity contribution in [1.82, 2.24) is 0 Å². The van der Waals surface area contributed by atoms with Crippen LogP contribution in [0.15, 0.2) is 60.7 Å². The Bertz CT molecular complexity index is 967. The Balaban J connectivity index is 2.08. The molecule has 1 aliphatic rings. The molecule has 0 fully saturated rings. The van der Waals surface area contributed by atoms with E-state index in [-0.39, 0.29) is 12.5 Å². The predicted octanol–water partition coefficient (Wildman–Crippen LogP) is 4.97. The van der Waals surface area contributed by atoms with Gasteiger partial charge in [0.25, 0.3) is 0 Å². The van der Waals surface area contributed by atoms with Crippen LogP contribution in [0.3, 0.4) is 0 Å². The summed E-state index contributed by atoms with van der Waals surface area (Å²) in [7, 11) is -1.65. The summed E-state index contributed by atoms with van der Waals surface area (Å²) in [5, 5.41) is 9.75. The number of aliphatic hydroxyl groups is 1. The topological polar surface area (TPSA) is 49.8 Å². The average Bonchev–Trinajstić information content (AvgIpc) is 2.70. The number of fused-ring (bicyclic) bond motifs is 1. The second-order valence-corrected chi connectivity index (χ2v) is 13.0. The summed E-state index contributed by atoms with van der Waals surface area (Å²) < 4.78 is 5.65. The standard InChI is InChI=1S/C24H27NO3Si/c1-18(17-26)22-16-19(14-15-29(2,3)4)25(23-13-9-8-12-21(22)23)24(27)28-20-10-6-5-7-11-20/h5-13,16,18-19,26H,17H2,1-4H3/t18-,19?/m1/s1. The molecule has 2 aromatic carbocycles. The molecule has 2 atom stereocenters. The van der Waals surface area contributed by atoms with Crippen LogP contribution in [0.4, 0.5) is 10.5 Å². The number of amides is 1. The highest BCUT2D eigenvalue weighted by Gasteiger charge is 2.33. The van der Waals surface area contributed by atoms with Gasteiger partial charge < -0.3 is 9.84 Å². The van der Waals surface area contributed by atoms with Crippen LogP contribution in [0, 0.1) is 17.4 Å². The minimum atomic E-state index is -1.65. The Hall–Kier alpha value is -2.81. The van der Waals surface area contributed by atoms with E-state index in [9.17, 15) is 9.90 Å². The molecule has 2 aromatic rings. The number of para-hydroxylation sites is 2. The fourth-order valence-electron chi connectivity index (χ4n) is 3.19. The molecule has 1 aliphatic heterocycles. The van der Waals surface area contributed by atoms with E-state index in [1.54, 1.807) is 17.0 Å². The van der Waals surface area contributed by atoms with Crippen molar-refractivity contribution in [1.29, 1.82) is 0 Å². The molecule has 3 rings (SSSR count). The van der Waals surface area contributed by atoms with Gasteiger partial charge in [-0.15, -0.1) is 5.54 Å². The van der Waals surface area contributed by atoms with Crippen molar-refractivity contribution >= 4 is 25.4 Å². The molecule has 4 nitrogen and oxygen atoms in total. The van der Waals surface area contributed by atoms with Crippen LogP contribution in [-0.4, -0.2) is 31.9 Å². The van der Waals surface area contributed by atoms with E-state index in [2.05, 4.69) is 31.1 Å². The summed E-state index contributed by atoms with van der Waals surface area (Å²) in [5.74, 6) is 3.74. The highest BCUT2D eigenvalue weighted by Crippen LogP contribution is 2.38. The van der Waals surface area contributed by atoms with E-state index in [0.717, 1.165) is 16.8 Å². The molecule has 1 amide bonds. The molecule has 0 saturated carbocycles. The Morgan fingerprint density at radius 3 is 2.45 bits per heavy atom. The molecule has 1 heterocycles. The molecule has 0 aliphatic carbocycles. The number of benzene rings is 2. The van der Waals surface area contributed by atoms with Gasteiger partial charge in [-0.3, -0.25) is 4.90 Å². The van der Waals surface area contributed by atoms with Gasteiger partial charge in [0.2, 0.25) is 0 Å². The van der Waals surface area contributed by atoms with Crippen LogP contribution in [0.25, 0.3) is 5.57 Å². The fourth-order valence-corrected chi connectivity index (χ4v) is 3.77. The van der Waals surface area contributed by atoms with Crippen LogP contribution in [0.5, 0.6) is 5.75 Å². The lowest BCUT2D eigenvalue weighted by Gasteiger charge is -2.34. The lowest BCUT2D eigenvalue weighted by Crippen LogP contribution is -2.43. The van der Waals surface area contributed by atoms with E-state index < -0.39 is 20.2 Å². The first kappa shape index (κ1) is 20.9. The molecular formula is C24H27NO3Si. The third kappa shape index (κ3) is 4.97. The molecule has 0 aromatic heterocycles. The normalized spacial score (nSPS) is 16.8. The third-order valence-corrected chi connectivity index (χ3v) is 5.53. The number of rotatable bonds is 3. The van der Waals surface area contributed by atoms with Crippen molar-refractivity contribution in [3.8, 4) is 17.2 Å². The summed E-state index contributed by atoms with van der Waals surface area (Å²) in [5.41, 5.74) is 6.06. The van der Waals surface area contributed by atoms with Gasteiger partial charge in [-0.1, -0.05) is 68.9 Å². The van der Waals surface area contributed by atoms with Crippen LogP contribution in [0.1, 0.15) is 12.5 Å². The van der Waals surface area contributed by atoms with Crippen molar-refractivity contribution < 1.29 is 14.6 Å². The first-order valence-corrected chi connectivity index (χ1v) is 13.3. The zero-order valence-electron chi connectivity index (χ0n) is 17.3. The summed E-state index contributed by atoms with van der Waals surface area (Å²) in [4.78, 5) is 14.8. The number of nitrogens with zero attached hydrogens (tertiary/aromatic N) is 1. The summed E-state index contributed by atoms with van der Waals surface area (Å²) in [6.07, 6.45) is 1.52. The van der Waals surface area contributed by atoms with Crippen LogP contribution < -0.4 is 9.64 Å². The second-order valence-electron chi connectivity index (χ2n) is 8.24. The lowest BCUT2D eigenvalue weighted by molar-refractivity contribution is 0.207. The molecule has 0 radical (unpaired) electrons. The Kier molecular flexibility index (Phi) is 6.26. The molecule has 1 N–H and O–H groups in total. The molecule has 0 spiro atoms.